The van der Waals surface area contributed by atoms with Crippen molar-refractivity contribution in [1.82, 2.24) is 5.32 Å². The second-order valence-corrected chi connectivity index (χ2v) is 6.03. The summed E-state index contributed by atoms with van der Waals surface area (Å²) in [6.45, 7) is 2.91. The van der Waals surface area contributed by atoms with Gasteiger partial charge in [0.1, 0.15) is 0 Å². The standard InChI is InChI=1S/C16H20F3N3O2/c1-10-4-2-3-7-22(10)9-14(24)20-8-13(23)21-12-6-5-11(17)15(18)16(12)19/h5-6,10H,2-4,7-9H2,1H3,(H,20,24)(H,21,23)/p+1/t10-/m1/s1. The van der Waals surface area contributed by atoms with Crippen molar-refractivity contribution in [2.24, 2.45) is 0 Å². The Morgan fingerprint density at radius 3 is 2.62 bits per heavy atom. The van der Waals surface area contributed by atoms with E-state index in [1.807, 2.05) is 0 Å². The minimum Gasteiger partial charge on any atom is -0.342 e. The summed E-state index contributed by atoms with van der Waals surface area (Å²) in [6, 6.07) is 2.04. The zero-order valence-corrected chi connectivity index (χ0v) is 13.4. The van der Waals surface area contributed by atoms with Crippen molar-refractivity contribution in [3.05, 3.63) is 29.6 Å². The van der Waals surface area contributed by atoms with E-state index in [0.717, 1.165) is 31.9 Å². The van der Waals surface area contributed by atoms with Crippen molar-refractivity contribution in [3.8, 4) is 0 Å². The average molecular weight is 344 g/mol. The van der Waals surface area contributed by atoms with Crippen LogP contribution in [0.3, 0.4) is 0 Å². The molecule has 0 radical (unpaired) electrons. The Bertz CT molecular complexity index is 625. The number of hydrogen-bond donors (Lipinski definition) is 3. The van der Waals surface area contributed by atoms with Crippen LogP contribution >= 0.6 is 0 Å². The molecule has 1 fully saturated rings. The molecular formula is C16H21F3N3O2+. The number of quaternary nitrogens is 1. The number of halogens is 3. The van der Waals surface area contributed by atoms with Gasteiger partial charge in [0.05, 0.1) is 24.8 Å². The molecule has 1 aliphatic rings. The fourth-order valence-corrected chi connectivity index (χ4v) is 2.78. The largest absolute Gasteiger partial charge is 0.342 e. The summed E-state index contributed by atoms with van der Waals surface area (Å²) in [4.78, 5) is 24.8. The predicted octanol–water partition coefficient (Wildman–Crippen LogP) is 0.616. The molecule has 8 heteroatoms. The highest BCUT2D eigenvalue weighted by atomic mass is 19.2. The second-order valence-electron chi connectivity index (χ2n) is 6.03. The third kappa shape index (κ3) is 4.70. The van der Waals surface area contributed by atoms with Crippen molar-refractivity contribution in [2.45, 2.75) is 32.2 Å². The van der Waals surface area contributed by atoms with Crippen LogP contribution in [0.1, 0.15) is 26.2 Å². The van der Waals surface area contributed by atoms with Crippen LogP contribution < -0.4 is 15.5 Å². The van der Waals surface area contributed by atoms with Crippen LogP contribution in [0.15, 0.2) is 12.1 Å². The number of carbonyl (C=O) groups excluding carboxylic acids is 2. The molecule has 2 amide bonds. The molecule has 1 saturated heterocycles. The molecule has 132 valence electrons. The van der Waals surface area contributed by atoms with Gasteiger partial charge >= 0.3 is 0 Å². The first-order chi connectivity index (χ1) is 11.4. The highest BCUT2D eigenvalue weighted by molar-refractivity contribution is 5.94. The Kier molecular flexibility index (Phi) is 6.19. The molecule has 2 rings (SSSR count). The van der Waals surface area contributed by atoms with E-state index in [4.69, 9.17) is 0 Å². The Labute approximate surface area is 138 Å². The van der Waals surface area contributed by atoms with E-state index in [1.165, 1.54) is 4.90 Å². The summed E-state index contributed by atoms with van der Waals surface area (Å²) in [7, 11) is 0. The van der Waals surface area contributed by atoms with Crippen molar-refractivity contribution >= 4 is 17.5 Å². The third-order valence-corrected chi connectivity index (χ3v) is 4.22. The fraction of sp³-hybridized carbons (Fsp3) is 0.500. The zero-order valence-electron chi connectivity index (χ0n) is 13.4. The molecule has 24 heavy (non-hydrogen) atoms. The van der Waals surface area contributed by atoms with Crippen LogP contribution in [-0.2, 0) is 9.59 Å². The Morgan fingerprint density at radius 1 is 1.17 bits per heavy atom. The summed E-state index contributed by atoms with van der Waals surface area (Å²) in [5.74, 6) is -5.45. The molecule has 2 atom stereocenters. The molecule has 1 aliphatic heterocycles. The maximum Gasteiger partial charge on any atom is 0.275 e. The number of nitrogens with one attached hydrogen (secondary N) is 3. The quantitative estimate of drug-likeness (QED) is 0.686. The van der Waals surface area contributed by atoms with Gasteiger partial charge in [0.15, 0.2) is 24.0 Å². The maximum atomic E-state index is 13.5. The topological polar surface area (TPSA) is 62.6 Å². The number of amides is 2. The number of hydrogen-bond acceptors (Lipinski definition) is 2. The summed E-state index contributed by atoms with van der Waals surface area (Å²) in [6.07, 6.45) is 3.30. The van der Waals surface area contributed by atoms with E-state index in [9.17, 15) is 22.8 Å². The average Bonchev–Trinajstić information content (AvgIpc) is 2.56. The van der Waals surface area contributed by atoms with E-state index >= 15 is 0 Å². The van der Waals surface area contributed by atoms with Crippen molar-refractivity contribution in [2.75, 3.05) is 25.0 Å². The molecule has 0 aliphatic carbocycles. The van der Waals surface area contributed by atoms with Crippen LogP contribution in [0.5, 0.6) is 0 Å². The van der Waals surface area contributed by atoms with E-state index < -0.39 is 29.0 Å². The van der Waals surface area contributed by atoms with Gasteiger partial charge in [0.2, 0.25) is 5.91 Å². The Balaban J connectivity index is 1.80. The lowest BCUT2D eigenvalue weighted by Crippen LogP contribution is -3.17. The van der Waals surface area contributed by atoms with Gasteiger partial charge in [-0.05, 0) is 38.3 Å². The Morgan fingerprint density at radius 2 is 1.92 bits per heavy atom. The van der Waals surface area contributed by atoms with E-state index in [0.29, 0.717) is 12.1 Å². The highest BCUT2D eigenvalue weighted by Gasteiger charge is 2.24. The lowest BCUT2D eigenvalue weighted by Gasteiger charge is -2.29. The van der Waals surface area contributed by atoms with Gasteiger partial charge < -0.3 is 15.5 Å². The molecule has 1 aromatic rings. The molecule has 0 spiro atoms. The number of piperidine rings is 1. The minimum atomic E-state index is -1.65. The maximum absolute atomic E-state index is 13.5. The van der Waals surface area contributed by atoms with Gasteiger partial charge in [-0.3, -0.25) is 9.59 Å². The molecule has 3 N–H and O–H groups in total. The van der Waals surface area contributed by atoms with E-state index in [2.05, 4.69) is 17.6 Å². The summed E-state index contributed by atoms with van der Waals surface area (Å²) >= 11 is 0. The fourth-order valence-electron chi connectivity index (χ4n) is 2.78. The molecule has 1 unspecified atom stereocenters. The first-order valence-corrected chi connectivity index (χ1v) is 7.93. The van der Waals surface area contributed by atoms with Crippen molar-refractivity contribution in [1.29, 1.82) is 0 Å². The SMILES string of the molecule is C[C@@H]1CCCC[NH+]1CC(=O)NCC(=O)Nc1ccc(F)c(F)c1F. The summed E-state index contributed by atoms with van der Waals surface area (Å²) in [5.41, 5.74) is -0.469. The first kappa shape index (κ1) is 18.3. The van der Waals surface area contributed by atoms with E-state index in [-0.39, 0.29) is 19.0 Å². The van der Waals surface area contributed by atoms with Gasteiger partial charge in [0, 0.05) is 0 Å². The Hall–Kier alpha value is -2.09. The smallest absolute Gasteiger partial charge is 0.275 e. The summed E-state index contributed by atoms with van der Waals surface area (Å²) < 4.78 is 39.4. The third-order valence-electron chi connectivity index (χ3n) is 4.22. The van der Waals surface area contributed by atoms with E-state index in [1.54, 1.807) is 0 Å². The molecule has 1 aromatic carbocycles. The molecule has 1 heterocycles. The monoisotopic (exact) mass is 344 g/mol. The van der Waals surface area contributed by atoms with Gasteiger partial charge in [0.25, 0.3) is 5.91 Å². The number of carbonyl (C=O) groups is 2. The van der Waals surface area contributed by atoms with Crippen LogP contribution in [0.2, 0.25) is 0 Å². The second kappa shape index (κ2) is 8.14. The molecule has 5 nitrogen and oxygen atoms in total. The van der Waals surface area contributed by atoms with Crippen molar-refractivity contribution < 1.29 is 27.7 Å². The summed E-state index contributed by atoms with van der Waals surface area (Å²) in [5, 5.41) is 4.56. The lowest BCUT2D eigenvalue weighted by atomic mass is 10.0. The number of rotatable bonds is 5. The zero-order chi connectivity index (χ0) is 17.7. The van der Waals surface area contributed by atoms with Crippen LogP contribution in [0, 0.1) is 17.5 Å². The lowest BCUT2D eigenvalue weighted by molar-refractivity contribution is -0.920. The number of likely N-dealkylation sites (tertiary alicyclic amines) is 1. The molecular weight excluding hydrogens is 323 g/mol. The number of anilines is 1. The van der Waals surface area contributed by atoms with Crippen molar-refractivity contribution in [3.63, 3.8) is 0 Å². The van der Waals surface area contributed by atoms with Gasteiger partial charge in [-0.1, -0.05) is 0 Å². The predicted molar refractivity (Wildman–Crippen MR) is 82.0 cm³/mol. The van der Waals surface area contributed by atoms with Crippen LogP contribution in [-0.4, -0.2) is 37.5 Å². The van der Waals surface area contributed by atoms with Crippen LogP contribution in [0.4, 0.5) is 18.9 Å². The molecule has 0 aromatic heterocycles. The van der Waals surface area contributed by atoms with Crippen LogP contribution in [0.25, 0.3) is 0 Å². The van der Waals surface area contributed by atoms with Gasteiger partial charge in [-0.2, -0.15) is 0 Å². The first-order valence-electron chi connectivity index (χ1n) is 7.93. The van der Waals surface area contributed by atoms with Gasteiger partial charge in [-0.15, -0.1) is 0 Å². The molecule has 0 bridgehead atoms. The molecule has 0 saturated carbocycles. The minimum absolute atomic E-state index is 0.272. The number of benzene rings is 1. The highest BCUT2D eigenvalue weighted by Crippen LogP contribution is 2.19. The van der Waals surface area contributed by atoms with Gasteiger partial charge in [-0.25, -0.2) is 13.2 Å². The normalized spacial score (nSPS) is 20.5.